The van der Waals surface area contributed by atoms with Crippen LogP contribution in [0.1, 0.15) is 25.5 Å². The molecule has 0 radical (unpaired) electrons. The summed E-state index contributed by atoms with van der Waals surface area (Å²) in [6.45, 7) is 3.60. The van der Waals surface area contributed by atoms with Crippen LogP contribution in [0.4, 0.5) is 24.9 Å². The van der Waals surface area contributed by atoms with Crippen LogP contribution < -0.4 is 10.2 Å². The van der Waals surface area contributed by atoms with Gasteiger partial charge < -0.3 is 10.2 Å². The Balaban J connectivity index is 2.30. The lowest BCUT2D eigenvalue weighted by molar-refractivity contribution is -0.141. The van der Waals surface area contributed by atoms with E-state index in [0.29, 0.717) is 11.7 Å². The van der Waals surface area contributed by atoms with Gasteiger partial charge >= 0.3 is 6.18 Å². The number of nitrogens with one attached hydrogen (secondary N) is 1. The number of alkyl halides is 3. The van der Waals surface area contributed by atoms with E-state index in [4.69, 9.17) is 0 Å². The zero-order valence-electron chi connectivity index (χ0n) is 11.0. The van der Waals surface area contributed by atoms with Gasteiger partial charge in [-0.3, -0.25) is 0 Å². The predicted octanol–water partition coefficient (Wildman–Crippen LogP) is 2.77. The zero-order valence-corrected chi connectivity index (χ0v) is 11.0. The summed E-state index contributed by atoms with van der Waals surface area (Å²) in [7, 11) is 1.51. The molecule has 4 nitrogen and oxygen atoms in total. The highest BCUT2D eigenvalue weighted by molar-refractivity contribution is 5.46. The standard InChI is InChI=1S/C12H17F3N4/c1-3-8-4-5-19(7-8)10-6-9(12(13,14)15)17-11(16-2)18-10/h6,8H,3-5,7H2,1-2H3,(H,16,17,18). The Morgan fingerprint density at radius 1 is 1.42 bits per heavy atom. The van der Waals surface area contributed by atoms with Gasteiger partial charge in [0.05, 0.1) is 0 Å². The molecule has 7 heteroatoms. The number of hydrogen-bond donors (Lipinski definition) is 1. The molecule has 0 aromatic carbocycles. The first-order valence-electron chi connectivity index (χ1n) is 6.33. The molecule has 1 saturated heterocycles. The lowest BCUT2D eigenvalue weighted by atomic mass is 10.1. The van der Waals surface area contributed by atoms with E-state index in [1.807, 2.05) is 4.90 Å². The topological polar surface area (TPSA) is 41.1 Å². The van der Waals surface area contributed by atoms with Crippen LogP contribution in [0.5, 0.6) is 0 Å². The summed E-state index contributed by atoms with van der Waals surface area (Å²) in [5.41, 5.74) is -0.901. The van der Waals surface area contributed by atoms with Crippen LogP contribution in [0.3, 0.4) is 0 Å². The molecular formula is C12H17F3N4. The molecule has 0 saturated carbocycles. The van der Waals surface area contributed by atoms with Gasteiger partial charge in [-0.25, -0.2) is 4.98 Å². The van der Waals surface area contributed by atoms with Gasteiger partial charge in [-0.2, -0.15) is 18.2 Å². The van der Waals surface area contributed by atoms with Gasteiger partial charge in [0.2, 0.25) is 5.95 Å². The van der Waals surface area contributed by atoms with Gasteiger partial charge in [0.25, 0.3) is 0 Å². The molecule has 1 atom stereocenters. The number of aromatic nitrogens is 2. The van der Waals surface area contributed by atoms with Crippen LogP contribution in [0.25, 0.3) is 0 Å². The molecule has 0 bridgehead atoms. The van der Waals surface area contributed by atoms with Crippen molar-refractivity contribution in [2.75, 3.05) is 30.4 Å². The van der Waals surface area contributed by atoms with Gasteiger partial charge in [0.1, 0.15) is 5.82 Å². The quantitative estimate of drug-likeness (QED) is 0.920. The van der Waals surface area contributed by atoms with Crippen molar-refractivity contribution in [3.63, 3.8) is 0 Å². The first kappa shape index (κ1) is 13.9. The van der Waals surface area contributed by atoms with Crippen molar-refractivity contribution in [3.05, 3.63) is 11.8 Å². The second-order valence-corrected chi connectivity index (χ2v) is 4.69. The fraction of sp³-hybridized carbons (Fsp3) is 0.667. The first-order chi connectivity index (χ1) is 8.94. The van der Waals surface area contributed by atoms with Gasteiger partial charge in [-0.1, -0.05) is 13.3 Å². The molecule has 1 unspecified atom stereocenters. The van der Waals surface area contributed by atoms with Gasteiger partial charge in [-0.05, 0) is 12.3 Å². The van der Waals surface area contributed by atoms with E-state index in [0.717, 1.165) is 32.0 Å². The van der Waals surface area contributed by atoms with E-state index >= 15 is 0 Å². The van der Waals surface area contributed by atoms with Crippen LogP contribution in [0.15, 0.2) is 6.07 Å². The number of nitrogens with zero attached hydrogens (tertiary/aromatic N) is 3. The third-order valence-corrected chi connectivity index (χ3v) is 3.41. The number of hydrogen-bond acceptors (Lipinski definition) is 4. The Morgan fingerprint density at radius 2 is 2.16 bits per heavy atom. The fourth-order valence-electron chi connectivity index (χ4n) is 2.23. The van der Waals surface area contributed by atoms with Crippen molar-refractivity contribution in [1.29, 1.82) is 0 Å². The maximum absolute atomic E-state index is 12.8. The molecule has 1 aromatic heterocycles. The number of halogens is 3. The normalized spacial score (nSPS) is 19.8. The van der Waals surface area contributed by atoms with Crippen molar-refractivity contribution >= 4 is 11.8 Å². The lowest BCUT2D eigenvalue weighted by Crippen LogP contribution is -2.22. The van der Waals surface area contributed by atoms with Crippen molar-refractivity contribution < 1.29 is 13.2 Å². The average Bonchev–Trinajstić information content (AvgIpc) is 2.86. The Morgan fingerprint density at radius 3 is 2.68 bits per heavy atom. The summed E-state index contributed by atoms with van der Waals surface area (Å²) in [6.07, 6.45) is -2.42. The predicted molar refractivity (Wildman–Crippen MR) is 67.2 cm³/mol. The highest BCUT2D eigenvalue weighted by Gasteiger charge is 2.34. The molecule has 0 aliphatic carbocycles. The second-order valence-electron chi connectivity index (χ2n) is 4.69. The Hall–Kier alpha value is -1.53. The summed E-state index contributed by atoms with van der Waals surface area (Å²) in [5, 5.41) is 2.58. The lowest BCUT2D eigenvalue weighted by Gasteiger charge is -2.19. The Labute approximate surface area is 110 Å². The third kappa shape index (κ3) is 3.08. The number of rotatable bonds is 3. The fourth-order valence-corrected chi connectivity index (χ4v) is 2.23. The van der Waals surface area contributed by atoms with Crippen molar-refractivity contribution in [2.24, 2.45) is 5.92 Å². The summed E-state index contributed by atoms with van der Waals surface area (Å²) < 4.78 is 38.3. The largest absolute Gasteiger partial charge is 0.433 e. The minimum Gasteiger partial charge on any atom is -0.357 e. The van der Waals surface area contributed by atoms with E-state index < -0.39 is 11.9 Å². The summed E-state index contributed by atoms with van der Waals surface area (Å²) >= 11 is 0. The molecule has 0 amide bonds. The van der Waals surface area contributed by atoms with E-state index in [2.05, 4.69) is 22.2 Å². The van der Waals surface area contributed by atoms with E-state index in [1.54, 1.807) is 0 Å². The van der Waals surface area contributed by atoms with Crippen LogP contribution in [-0.2, 0) is 6.18 Å². The Bertz CT molecular complexity index is 447. The Kier molecular flexibility index (Phi) is 3.82. The van der Waals surface area contributed by atoms with Crippen molar-refractivity contribution in [1.82, 2.24) is 9.97 Å². The van der Waals surface area contributed by atoms with Gasteiger partial charge in [-0.15, -0.1) is 0 Å². The second kappa shape index (κ2) is 5.22. The molecule has 1 fully saturated rings. The zero-order chi connectivity index (χ0) is 14.0. The molecule has 1 aliphatic heterocycles. The smallest absolute Gasteiger partial charge is 0.357 e. The minimum absolute atomic E-state index is 0.00442. The van der Waals surface area contributed by atoms with E-state index in [-0.39, 0.29) is 5.95 Å². The highest BCUT2D eigenvalue weighted by Crippen LogP contribution is 2.32. The molecule has 106 valence electrons. The maximum Gasteiger partial charge on any atom is 0.433 e. The summed E-state index contributed by atoms with van der Waals surface area (Å²) in [6, 6.07) is 1.03. The van der Waals surface area contributed by atoms with E-state index in [1.165, 1.54) is 7.05 Å². The molecule has 1 aliphatic rings. The third-order valence-electron chi connectivity index (χ3n) is 3.41. The molecule has 0 spiro atoms. The SMILES string of the molecule is CCC1CCN(c2cc(C(F)(F)F)nc(NC)n2)C1. The molecule has 2 heterocycles. The van der Waals surface area contributed by atoms with Crippen LogP contribution in [0, 0.1) is 5.92 Å². The van der Waals surface area contributed by atoms with Gasteiger partial charge in [0, 0.05) is 26.2 Å². The average molecular weight is 274 g/mol. The van der Waals surface area contributed by atoms with Crippen molar-refractivity contribution in [2.45, 2.75) is 25.9 Å². The molecular weight excluding hydrogens is 257 g/mol. The van der Waals surface area contributed by atoms with Crippen LogP contribution >= 0.6 is 0 Å². The summed E-state index contributed by atoms with van der Waals surface area (Å²) in [5.74, 6) is 0.884. The van der Waals surface area contributed by atoms with E-state index in [9.17, 15) is 13.2 Å². The van der Waals surface area contributed by atoms with Crippen LogP contribution in [-0.4, -0.2) is 30.1 Å². The number of anilines is 2. The molecule has 19 heavy (non-hydrogen) atoms. The van der Waals surface area contributed by atoms with Crippen molar-refractivity contribution in [3.8, 4) is 0 Å². The minimum atomic E-state index is -4.45. The first-order valence-corrected chi connectivity index (χ1v) is 6.33. The maximum atomic E-state index is 12.8. The molecule has 1 aromatic rings. The summed E-state index contributed by atoms with van der Waals surface area (Å²) in [4.78, 5) is 9.47. The highest BCUT2D eigenvalue weighted by atomic mass is 19.4. The molecule has 2 rings (SSSR count). The monoisotopic (exact) mass is 274 g/mol. The van der Waals surface area contributed by atoms with Crippen LogP contribution in [0.2, 0.25) is 0 Å². The molecule has 1 N–H and O–H groups in total. The van der Waals surface area contributed by atoms with Gasteiger partial charge in [0.15, 0.2) is 5.69 Å².